The molecule has 1 N–H and O–H groups in total. The van der Waals surface area contributed by atoms with Crippen molar-refractivity contribution in [3.8, 4) is 5.75 Å². The fourth-order valence-corrected chi connectivity index (χ4v) is 2.90. The first kappa shape index (κ1) is 19.4. The van der Waals surface area contributed by atoms with Crippen LogP contribution in [0.4, 0.5) is 14.5 Å². The minimum absolute atomic E-state index is 0.0656. The van der Waals surface area contributed by atoms with Crippen molar-refractivity contribution in [2.24, 2.45) is 0 Å². The molecule has 6 heteroatoms. The minimum Gasteiger partial charge on any atom is -0.488 e. The van der Waals surface area contributed by atoms with Crippen LogP contribution in [0.2, 0.25) is 0 Å². The molecule has 0 fully saturated rings. The number of ether oxygens (including phenoxy) is 1. The topological polar surface area (TPSA) is 38.3 Å². The Morgan fingerprint density at radius 2 is 2.00 bits per heavy atom. The molecule has 0 saturated heterocycles. The fraction of sp³-hybridized carbons (Fsp3) is 0.316. The van der Waals surface area contributed by atoms with Crippen LogP contribution in [-0.4, -0.2) is 5.91 Å². The molecule has 0 unspecified atom stereocenters. The van der Waals surface area contributed by atoms with Crippen molar-refractivity contribution in [2.45, 2.75) is 39.7 Å². The SMILES string of the molecule is CCC(=O)Nc1cccc(C(F)F)c1COc1ccc(CC)cc1Br. The second-order valence-electron chi connectivity index (χ2n) is 5.48. The molecule has 25 heavy (non-hydrogen) atoms. The van der Waals surface area contributed by atoms with Gasteiger partial charge in [-0.25, -0.2) is 8.78 Å². The number of aryl methyl sites for hydroxylation is 1. The van der Waals surface area contributed by atoms with Gasteiger partial charge in [0.15, 0.2) is 0 Å². The molecular formula is C19H20BrF2NO2. The van der Waals surface area contributed by atoms with E-state index in [0.29, 0.717) is 11.4 Å². The van der Waals surface area contributed by atoms with E-state index in [1.807, 2.05) is 19.1 Å². The highest BCUT2D eigenvalue weighted by Crippen LogP contribution is 2.32. The molecule has 0 aliphatic rings. The number of benzene rings is 2. The molecule has 2 rings (SSSR count). The standard InChI is InChI=1S/C19H20BrF2NO2/c1-3-12-8-9-17(15(20)10-12)25-11-14-13(19(21)22)6-5-7-16(14)23-18(24)4-2/h5-10,19H,3-4,11H2,1-2H3,(H,23,24). The zero-order valence-corrected chi connectivity index (χ0v) is 15.7. The predicted molar refractivity (Wildman–Crippen MR) is 98.2 cm³/mol. The number of alkyl halides is 2. The number of carbonyl (C=O) groups excluding carboxylic acids is 1. The number of hydrogen-bond donors (Lipinski definition) is 1. The highest BCUT2D eigenvalue weighted by Gasteiger charge is 2.18. The largest absolute Gasteiger partial charge is 0.488 e. The van der Waals surface area contributed by atoms with Crippen LogP contribution < -0.4 is 10.1 Å². The van der Waals surface area contributed by atoms with Crippen LogP contribution >= 0.6 is 15.9 Å². The van der Waals surface area contributed by atoms with Gasteiger partial charge in [0.2, 0.25) is 5.91 Å². The number of amides is 1. The summed E-state index contributed by atoms with van der Waals surface area (Å²) in [7, 11) is 0. The van der Waals surface area contributed by atoms with Crippen LogP contribution in [0, 0.1) is 0 Å². The van der Waals surface area contributed by atoms with Crippen molar-refractivity contribution in [1.29, 1.82) is 0 Å². The highest BCUT2D eigenvalue weighted by atomic mass is 79.9. The zero-order chi connectivity index (χ0) is 18.4. The Bertz CT molecular complexity index is 750. The molecule has 134 valence electrons. The van der Waals surface area contributed by atoms with Crippen LogP contribution in [0.1, 0.15) is 43.4 Å². The summed E-state index contributed by atoms with van der Waals surface area (Å²) in [4.78, 5) is 11.7. The summed E-state index contributed by atoms with van der Waals surface area (Å²) in [6.07, 6.45) is -1.49. The number of hydrogen-bond acceptors (Lipinski definition) is 2. The number of rotatable bonds is 7. The van der Waals surface area contributed by atoms with E-state index in [2.05, 4.69) is 21.2 Å². The van der Waals surface area contributed by atoms with Crippen LogP contribution in [0.3, 0.4) is 0 Å². The molecule has 0 atom stereocenters. The van der Waals surface area contributed by atoms with Gasteiger partial charge in [0.05, 0.1) is 4.47 Å². The maximum Gasteiger partial charge on any atom is 0.264 e. The monoisotopic (exact) mass is 411 g/mol. The Morgan fingerprint density at radius 1 is 1.24 bits per heavy atom. The van der Waals surface area contributed by atoms with Crippen molar-refractivity contribution in [3.05, 3.63) is 57.6 Å². The van der Waals surface area contributed by atoms with Gasteiger partial charge in [-0.05, 0) is 46.1 Å². The summed E-state index contributed by atoms with van der Waals surface area (Å²) < 4.78 is 33.2. The number of halogens is 3. The molecular weight excluding hydrogens is 392 g/mol. The van der Waals surface area contributed by atoms with Crippen LogP contribution in [0.25, 0.3) is 0 Å². The van der Waals surface area contributed by atoms with Gasteiger partial charge < -0.3 is 10.1 Å². The van der Waals surface area contributed by atoms with Crippen LogP contribution in [0.15, 0.2) is 40.9 Å². The Morgan fingerprint density at radius 3 is 2.60 bits per heavy atom. The first-order valence-electron chi connectivity index (χ1n) is 8.07. The summed E-state index contributed by atoms with van der Waals surface area (Å²) in [5, 5.41) is 2.66. The third-order valence-electron chi connectivity index (χ3n) is 3.82. The van der Waals surface area contributed by atoms with E-state index >= 15 is 0 Å². The summed E-state index contributed by atoms with van der Waals surface area (Å²) in [5.74, 6) is 0.329. The van der Waals surface area contributed by atoms with Crippen molar-refractivity contribution in [2.75, 3.05) is 5.32 Å². The smallest absolute Gasteiger partial charge is 0.264 e. The van der Waals surface area contributed by atoms with Crippen LogP contribution in [0.5, 0.6) is 5.75 Å². The summed E-state index contributed by atoms with van der Waals surface area (Å²) in [5.41, 5.74) is 1.63. The molecule has 1 amide bonds. The van der Waals surface area contributed by atoms with E-state index in [-0.39, 0.29) is 30.1 Å². The van der Waals surface area contributed by atoms with E-state index in [4.69, 9.17) is 4.74 Å². The van der Waals surface area contributed by atoms with Gasteiger partial charge in [0.25, 0.3) is 6.43 Å². The molecule has 2 aromatic rings. The van der Waals surface area contributed by atoms with E-state index in [1.54, 1.807) is 19.1 Å². The van der Waals surface area contributed by atoms with Crippen molar-refractivity contribution in [1.82, 2.24) is 0 Å². The summed E-state index contributed by atoms with van der Waals surface area (Å²) in [6.45, 7) is 3.68. The Kier molecular flexibility index (Phi) is 6.93. The Hall–Kier alpha value is -1.95. The van der Waals surface area contributed by atoms with Gasteiger partial charge in [-0.3, -0.25) is 4.79 Å². The lowest BCUT2D eigenvalue weighted by molar-refractivity contribution is -0.115. The van der Waals surface area contributed by atoms with E-state index < -0.39 is 6.43 Å². The lowest BCUT2D eigenvalue weighted by Crippen LogP contribution is -2.13. The van der Waals surface area contributed by atoms with Gasteiger partial charge in [0, 0.05) is 23.2 Å². The van der Waals surface area contributed by atoms with Crippen molar-refractivity contribution >= 4 is 27.5 Å². The maximum absolute atomic E-state index is 13.4. The van der Waals surface area contributed by atoms with Gasteiger partial charge in [-0.1, -0.05) is 32.0 Å². The Balaban J connectivity index is 2.29. The average molecular weight is 412 g/mol. The van der Waals surface area contributed by atoms with E-state index in [0.717, 1.165) is 16.5 Å². The first-order valence-corrected chi connectivity index (χ1v) is 8.86. The zero-order valence-electron chi connectivity index (χ0n) is 14.1. The lowest BCUT2D eigenvalue weighted by Gasteiger charge is -2.17. The van der Waals surface area contributed by atoms with E-state index in [1.165, 1.54) is 12.1 Å². The second kappa shape index (κ2) is 8.94. The normalized spacial score (nSPS) is 10.8. The molecule has 0 aromatic heterocycles. The molecule has 2 aromatic carbocycles. The predicted octanol–water partition coefficient (Wildman–Crippen LogP) is 5.88. The summed E-state index contributed by atoms with van der Waals surface area (Å²) >= 11 is 3.44. The van der Waals surface area contributed by atoms with Crippen molar-refractivity contribution in [3.63, 3.8) is 0 Å². The third-order valence-corrected chi connectivity index (χ3v) is 4.44. The van der Waals surface area contributed by atoms with Gasteiger partial charge in [-0.15, -0.1) is 0 Å². The summed E-state index contributed by atoms with van der Waals surface area (Å²) in [6, 6.07) is 10.1. The van der Waals surface area contributed by atoms with Crippen molar-refractivity contribution < 1.29 is 18.3 Å². The quantitative estimate of drug-likeness (QED) is 0.617. The van der Waals surface area contributed by atoms with Gasteiger partial charge in [-0.2, -0.15) is 0 Å². The molecule has 0 bridgehead atoms. The number of carbonyl (C=O) groups is 1. The first-order chi connectivity index (χ1) is 12.0. The molecule has 0 spiro atoms. The Labute approximate surface area is 154 Å². The molecule has 0 radical (unpaired) electrons. The molecule has 3 nitrogen and oxygen atoms in total. The number of anilines is 1. The van der Waals surface area contributed by atoms with Gasteiger partial charge >= 0.3 is 0 Å². The van der Waals surface area contributed by atoms with Gasteiger partial charge in [0.1, 0.15) is 12.4 Å². The maximum atomic E-state index is 13.4. The fourth-order valence-electron chi connectivity index (χ4n) is 2.36. The molecule has 0 aliphatic carbocycles. The number of nitrogens with one attached hydrogen (secondary N) is 1. The average Bonchev–Trinajstić information content (AvgIpc) is 2.60. The minimum atomic E-state index is -2.65. The van der Waals surface area contributed by atoms with Crippen LogP contribution in [-0.2, 0) is 17.8 Å². The third kappa shape index (κ3) is 5.01. The second-order valence-corrected chi connectivity index (χ2v) is 6.34. The molecule has 0 saturated carbocycles. The van der Waals surface area contributed by atoms with E-state index in [9.17, 15) is 13.6 Å². The highest BCUT2D eigenvalue weighted by molar-refractivity contribution is 9.10. The molecule has 0 heterocycles. The molecule has 0 aliphatic heterocycles. The lowest BCUT2D eigenvalue weighted by atomic mass is 10.1.